The van der Waals surface area contributed by atoms with Gasteiger partial charge in [0, 0.05) is 6.20 Å². The highest BCUT2D eigenvalue weighted by Crippen LogP contribution is 2.27. The first-order valence-corrected chi connectivity index (χ1v) is 6.85. The van der Waals surface area contributed by atoms with Crippen LogP contribution < -0.4 is 0 Å². The monoisotopic (exact) mass is 315 g/mol. The Kier molecular flexibility index (Phi) is 4.32. The highest BCUT2D eigenvalue weighted by atomic mass is 35.5. The maximum absolute atomic E-state index is 10.0. The van der Waals surface area contributed by atoms with Crippen molar-refractivity contribution in [3.05, 3.63) is 28.2 Å². The van der Waals surface area contributed by atoms with Crippen molar-refractivity contribution in [1.82, 2.24) is 15.1 Å². The highest BCUT2D eigenvalue weighted by molar-refractivity contribution is 6.35. The molecule has 0 radical (unpaired) electrons. The molecule has 5 nitrogen and oxygen atoms in total. The molecule has 0 saturated carbocycles. The van der Waals surface area contributed by atoms with Gasteiger partial charge in [0.05, 0.1) is 22.6 Å². The molecule has 0 aliphatic carbocycles. The molecule has 0 aliphatic heterocycles. The molecule has 0 bridgehead atoms. The molecule has 2 heterocycles. The largest absolute Gasteiger partial charge is 0.392 e. The number of nitrogens with zero attached hydrogens (tertiary/aromatic N) is 3. The smallest absolute Gasteiger partial charge is 0.229 e. The van der Waals surface area contributed by atoms with E-state index in [1.54, 1.807) is 6.07 Å². The average Bonchev–Trinajstić information content (AvgIpc) is 2.76. The SMILES string of the molecule is CC(C)(C)C(O)Cc1nc(-c2ncc(Cl)cc2Cl)no1. The molecule has 0 amide bonds. The number of pyridine rings is 1. The summed E-state index contributed by atoms with van der Waals surface area (Å²) in [6, 6.07) is 1.56. The van der Waals surface area contributed by atoms with E-state index in [1.165, 1.54) is 6.20 Å². The van der Waals surface area contributed by atoms with Crippen LogP contribution in [-0.4, -0.2) is 26.3 Å². The predicted octanol–water partition coefficient (Wildman–Crippen LogP) is 3.39. The lowest BCUT2D eigenvalue weighted by atomic mass is 9.87. The summed E-state index contributed by atoms with van der Waals surface area (Å²) in [5, 5.41) is 14.6. The van der Waals surface area contributed by atoms with E-state index in [9.17, 15) is 5.11 Å². The van der Waals surface area contributed by atoms with Crippen LogP contribution in [0.4, 0.5) is 0 Å². The van der Waals surface area contributed by atoms with Gasteiger partial charge in [-0.1, -0.05) is 49.1 Å². The standard InChI is InChI=1S/C13H15Cl2N3O2/c1-13(2,3)9(19)5-10-17-12(18-20-10)11-8(15)4-7(14)6-16-11/h4,6,9,19H,5H2,1-3H3. The van der Waals surface area contributed by atoms with Gasteiger partial charge in [-0.25, -0.2) is 4.98 Å². The zero-order chi connectivity index (χ0) is 14.9. The second-order valence-electron chi connectivity index (χ2n) is 5.58. The first kappa shape index (κ1) is 15.2. The van der Waals surface area contributed by atoms with Gasteiger partial charge >= 0.3 is 0 Å². The highest BCUT2D eigenvalue weighted by Gasteiger charge is 2.25. The van der Waals surface area contributed by atoms with E-state index in [1.807, 2.05) is 20.8 Å². The Bertz CT molecular complexity index is 608. The Morgan fingerprint density at radius 3 is 2.65 bits per heavy atom. The number of aliphatic hydroxyl groups is 1. The van der Waals surface area contributed by atoms with Gasteiger partial charge in [-0.15, -0.1) is 0 Å². The van der Waals surface area contributed by atoms with Crippen molar-refractivity contribution in [2.24, 2.45) is 5.41 Å². The summed E-state index contributed by atoms with van der Waals surface area (Å²) in [6.07, 6.45) is 1.16. The molecule has 1 unspecified atom stereocenters. The van der Waals surface area contributed by atoms with E-state index in [0.717, 1.165) is 0 Å². The van der Waals surface area contributed by atoms with Crippen molar-refractivity contribution in [2.75, 3.05) is 0 Å². The lowest BCUT2D eigenvalue weighted by Gasteiger charge is -2.24. The molecule has 0 spiro atoms. The fourth-order valence-corrected chi connectivity index (χ4v) is 1.95. The molecule has 108 valence electrons. The molecule has 0 fully saturated rings. The van der Waals surface area contributed by atoms with Gasteiger partial charge in [0.25, 0.3) is 0 Å². The zero-order valence-electron chi connectivity index (χ0n) is 11.4. The predicted molar refractivity (Wildman–Crippen MR) is 76.7 cm³/mol. The van der Waals surface area contributed by atoms with Gasteiger partial charge in [-0.2, -0.15) is 4.98 Å². The van der Waals surface area contributed by atoms with Gasteiger partial charge in [0.15, 0.2) is 0 Å². The van der Waals surface area contributed by atoms with Gasteiger partial charge < -0.3 is 9.63 Å². The quantitative estimate of drug-likeness (QED) is 0.940. The fraction of sp³-hybridized carbons (Fsp3) is 0.462. The van der Waals surface area contributed by atoms with Crippen molar-refractivity contribution in [1.29, 1.82) is 0 Å². The van der Waals surface area contributed by atoms with Crippen LogP contribution in [0, 0.1) is 5.41 Å². The third-order valence-electron chi connectivity index (χ3n) is 2.86. The fourth-order valence-electron chi connectivity index (χ4n) is 1.48. The topological polar surface area (TPSA) is 72.0 Å². The molecule has 20 heavy (non-hydrogen) atoms. The van der Waals surface area contributed by atoms with Crippen molar-refractivity contribution in [2.45, 2.75) is 33.3 Å². The maximum atomic E-state index is 10.0. The molecule has 0 saturated heterocycles. The van der Waals surface area contributed by atoms with Crippen molar-refractivity contribution >= 4 is 23.2 Å². The minimum atomic E-state index is -0.579. The Hall–Kier alpha value is -1.17. The molecule has 2 rings (SSSR count). The Morgan fingerprint density at radius 2 is 2.05 bits per heavy atom. The summed E-state index contributed by atoms with van der Waals surface area (Å²) in [5.74, 6) is 0.623. The van der Waals surface area contributed by atoms with Gasteiger partial charge in [0.1, 0.15) is 5.69 Å². The number of halogens is 2. The molecule has 0 aromatic carbocycles. The Morgan fingerprint density at radius 1 is 1.35 bits per heavy atom. The number of aliphatic hydroxyl groups excluding tert-OH is 1. The average molecular weight is 316 g/mol. The van der Waals surface area contributed by atoms with Crippen molar-refractivity contribution < 1.29 is 9.63 Å². The van der Waals surface area contributed by atoms with Crippen LogP contribution in [0.5, 0.6) is 0 Å². The lowest BCUT2D eigenvalue weighted by Crippen LogP contribution is -2.28. The molecule has 2 aromatic rings. The molecule has 0 aliphatic rings. The van der Waals surface area contributed by atoms with Gasteiger partial charge in [-0.3, -0.25) is 0 Å². The van der Waals surface area contributed by atoms with E-state index < -0.39 is 6.10 Å². The second kappa shape index (κ2) is 5.68. The third kappa shape index (κ3) is 3.48. The number of hydrogen-bond donors (Lipinski definition) is 1. The second-order valence-corrected chi connectivity index (χ2v) is 6.43. The first-order chi connectivity index (χ1) is 9.27. The molecular weight excluding hydrogens is 301 g/mol. The molecule has 2 aromatic heterocycles. The van der Waals surface area contributed by atoms with Crippen LogP contribution in [0.15, 0.2) is 16.8 Å². The van der Waals surface area contributed by atoms with E-state index >= 15 is 0 Å². The number of rotatable bonds is 3. The first-order valence-electron chi connectivity index (χ1n) is 6.09. The van der Waals surface area contributed by atoms with Crippen molar-refractivity contribution in [3.63, 3.8) is 0 Å². The molecule has 7 heteroatoms. The third-order valence-corrected chi connectivity index (χ3v) is 3.35. The summed E-state index contributed by atoms with van der Waals surface area (Å²) in [7, 11) is 0. The van der Waals surface area contributed by atoms with E-state index in [4.69, 9.17) is 27.7 Å². The summed E-state index contributed by atoms with van der Waals surface area (Å²) in [5.41, 5.74) is 0.140. The summed E-state index contributed by atoms with van der Waals surface area (Å²) < 4.78 is 5.12. The molecular formula is C13H15Cl2N3O2. The van der Waals surface area contributed by atoms with Crippen LogP contribution in [0.3, 0.4) is 0 Å². The van der Waals surface area contributed by atoms with Gasteiger partial charge in [0.2, 0.25) is 11.7 Å². The zero-order valence-corrected chi connectivity index (χ0v) is 12.9. The van der Waals surface area contributed by atoms with Crippen LogP contribution in [-0.2, 0) is 6.42 Å². The maximum Gasteiger partial charge on any atom is 0.229 e. The van der Waals surface area contributed by atoms with Crippen LogP contribution in [0.25, 0.3) is 11.5 Å². The Balaban J connectivity index is 2.21. The number of hydrogen-bond acceptors (Lipinski definition) is 5. The van der Waals surface area contributed by atoms with Crippen molar-refractivity contribution in [3.8, 4) is 11.5 Å². The summed E-state index contributed by atoms with van der Waals surface area (Å²) >= 11 is 11.8. The summed E-state index contributed by atoms with van der Waals surface area (Å²) in [6.45, 7) is 5.81. The van der Waals surface area contributed by atoms with Crippen LogP contribution in [0.1, 0.15) is 26.7 Å². The Labute approximate surface area is 126 Å². The van der Waals surface area contributed by atoms with E-state index in [2.05, 4.69) is 15.1 Å². The van der Waals surface area contributed by atoms with Crippen LogP contribution >= 0.6 is 23.2 Å². The number of aromatic nitrogens is 3. The van der Waals surface area contributed by atoms with Crippen LogP contribution in [0.2, 0.25) is 10.0 Å². The van der Waals surface area contributed by atoms with Gasteiger partial charge in [-0.05, 0) is 11.5 Å². The minimum absolute atomic E-state index is 0.259. The molecule has 1 atom stereocenters. The molecule has 1 N–H and O–H groups in total. The normalized spacial score (nSPS) is 13.5. The van der Waals surface area contributed by atoms with E-state index in [0.29, 0.717) is 21.6 Å². The lowest BCUT2D eigenvalue weighted by molar-refractivity contribution is 0.0565. The van der Waals surface area contributed by atoms with E-state index in [-0.39, 0.29) is 17.7 Å². The summed E-state index contributed by atoms with van der Waals surface area (Å²) in [4.78, 5) is 8.27. The minimum Gasteiger partial charge on any atom is -0.392 e.